The first-order chi connectivity index (χ1) is 15.5. The van der Waals surface area contributed by atoms with Gasteiger partial charge in [0.2, 0.25) is 0 Å². The molecule has 0 N–H and O–H groups in total. The molecule has 1 aliphatic heterocycles. The fraction of sp³-hybridized carbons (Fsp3) is 0.154. The summed E-state index contributed by atoms with van der Waals surface area (Å²) < 4.78 is 10.7. The smallest absolute Gasteiger partial charge is 0.282 e. The Morgan fingerprint density at radius 2 is 1.44 bits per heavy atom. The van der Waals surface area contributed by atoms with Gasteiger partial charge >= 0.3 is 0 Å². The highest BCUT2D eigenvalue weighted by Crippen LogP contribution is 2.38. The predicted octanol–water partition coefficient (Wildman–Crippen LogP) is 4.12. The molecule has 3 aromatic carbocycles. The predicted molar refractivity (Wildman–Crippen MR) is 123 cm³/mol. The van der Waals surface area contributed by atoms with E-state index in [1.165, 1.54) is 4.90 Å². The van der Waals surface area contributed by atoms with Crippen molar-refractivity contribution in [2.45, 2.75) is 6.54 Å². The lowest BCUT2D eigenvalue weighted by Gasteiger charge is -2.22. The van der Waals surface area contributed by atoms with Crippen molar-refractivity contribution in [1.29, 1.82) is 0 Å². The molecule has 0 aromatic heterocycles. The van der Waals surface area contributed by atoms with Gasteiger partial charge in [-0.3, -0.25) is 9.59 Å². The van der Waals surface area contributed by atoms with Gasteiger partial charge in [0.25, 0.3) is 11.8 Å². The Kier molecular flexibility index (Phi) is 5.94. The van der Waals surface area contributed by atoms with Crippen molar-refractivity contribution in [2.75, 3.05) is 26.2 Å². The maximum Gasteiger partial charge on any atom is 0.282 e. The second-order valence-corrected chi connectivity index (χ2v) is 7.41. The van der Waals surface area contributed by atoms with Crippen LogP contribution in [0.4, 0.5) is 5.69 Å². The normalized spacial score (nSPS) is 13.5. The van der Waals surface area contributed by atoms with E-state index < -0.39 is 0 Å². The summed E-state index contributed by atoms with van der Waals surface area (Å²) in [5.41, 5.74) is 2.75. The molecule has 2 amide bonds. The van der Waals surface area contributed by atoms with Gasteiger partial charge in [0, 0.05) is 19.2 Å². The molecule has 0 spiro atoms. The zero-order chi connectivity index (χ0) is 22.7. The van der Waals surface area contributed by atoms with Gasteiger partial charge in [0.05, 0.1) is 25.5 Å². The average Bonchev–Trinajstić information content (AvgIpc) is 3.09. The number of ether oxygens (including phenoxy) is 2. The molecular weight excluding hydrogens is 404 g/mol. The lowest BCUT2D eigenvalue weighted by Crippen LogP contribution is -2.34. The molecule has 1 aliphatic rings. The Hall–Kier alpha value is -4.06. The molecule has 0 saturated carbocycles. The molecule has 4 rings (SSSR count). The van der Waals surface area contributed by atoms with E-state index in [0.29, 0.717) is 40.6 Å². The number of rotatable bonds is 7. The van der Waals surface area contributed by atoms with Gasteiger partial charge in [0.1, 0.15) is 17.2 Å². The summed E-state index contributed by atoms with van der Waals surface area (Å²) in [7, 11) is 4.94. The summed E-state index contributed by atoms with van der Waals surface area (Å²) in [5.74, 6) is 0.414. The summed E-state index contributed by atoms with van der Waals surface area (Å²) in [5, 5.41) is 0. The molecule has 0 bridgehead atoms. The fourth-order valence-corrected chi connectivity index (χ4v) is 3.87. The minimum absolute atomic E-state index is 0.321. The van der Waals surface area contributed by atoms with Crippen LogP contribution in [0.2, 0.25) is 0 Å². The quantitative estimate of drug-likeness (QED) is 0.530. The molecule has 6 heteroatoms. The second kappa shape index (κ2) is 8.98. The third-order valence-corrected chi connectivity index (χ3v) is 5.41. The van der Waals surface area contributed by atoms with Crippen LogP contribution in [-0.4, -0.2) is 38.0 Å². The Labute approximate surface area is 187 Å². The molecular formula is C26H24N2O4. The number of likely N-dealkylation sites (N-methyl/N-ethyl adjacent to an activating group) is 1. The second-order valence-electron chi connectivity index (χ2n) is 7.41. The van der Waals surface area contributed by atoms with Gasteiger partial charge in [-0.05, 0) is 35.9 Å². The van der Waals surface area contributed by atoms with E-state index >= 15 is 0 Å². The van der Waals surface area contributed by atoms with Crippen LogP contribution in [-0.2, 0) is 16.1 Å². The largest absolute Gasteiger partial charge is 0.497 e. The van der Waals surface area contributed by atoms with E-state index in [9.17, 15) is 9.59 Å². The van der Waals surface area contributed by atoms with Gasteiger partial charge in [0.15, 0.2) is 0 Å². The zero-order valence-corrected chi connectivity index (χ0v) is 18.2. The van der Waals surface area contributed by atoms with Crippen LogP contribution in [0.5, 0.6) is 11.5 Å². The zero-order valence-electron chi connectivity index (χ0n) is 18.2. The third kappa shape index (κ3) is 3.83. The van der Waals surface area contributed by atoms with Crippen LogP contribution in [0.1, 0.15) is 11.1 Å². The minimum Gasteiger partial charge on any atom is -0.497 e. The molecule has 0 saturated heterocycles. The lowest BCUT2D eigenvalue weighted by molar-refractivity contribution is -0.120. The van der Waals surface area contributed by atoms with Crippen LogP contribution in [0.3, 0.4) is 0 Å². The van der Waals surface area contributed by atoms with Gasteiger partial charge in [-0.25, -0.2) is 4.90 Å². The maximum absolute atomic E-state index is 13.6. The number of carbonyl (C=O) groups excluding carboxylic acids is 2. The average molecular weight is 428 g/mol. The van der Waals surface area contributed by atoms with Crippen molar-refractivity contribution < 1.29 is 19.1 Å². The number of imide groups is 1. The summed E-state index contributed by atoms with van der Waals surface area (Å²) in [6.07, 6.45) is 0. The number of anilines is 1. The Morgan fingerprint density at radius 3 is 2.09 bits per heavy atom. The third-order valence-electron chi connectivity index (χ3n) is 5.41. The monoisotopic (exact) mass is 428 g/mol. The number of hydrogen-bond acceptors (Lipinski definition) is 5. The van der Waals surface area contributed by atoms with Crippen molar-refractivity contribution in [3.63, 3.8) is 0 Å². The van der Waals surface area contributed by atoms with Crippen molar-refractivity contribution in [1.82, 2.24) is 4.90 Å². The highest BCUT2D eigenvalue weighted by molar-refractivity contribution is 6.45. The van der Waals surface area contributed by atoms with Gasteiger partial charge < -0.3 is 14.4 Å². The number of para-hydroxylation sites is 1. The first-order valence-corrected chi connectivity index (χ1v) is 10.2. The number of carbonyl (C=O) groups is 2. The van der Waals surface area contributed by atoms with E-state index in [2.05, 4.69) is 0 Å². The summed E-state index contributed by atoms with van der Waals surface area (Å²) in [6.45, 7) is 0.476. The molecule has 32 heavy (non-hydrogen) atoms. The number of methoxy groups -OCH3 is 2. The Balaban J connectivity index is 1.82. The molecule has 162 valence electrons. The van der Waals surface area contributed by atoms with Crippen molar-refractivity contribution in [2.24, 2.45) is 0 Å². The molecule has 0 fully saturated rings. The Morgan fingerprint density at radius 1 is 0.781 bits per heavy atom. The molecule has 0 unspecified atom stereocenters. The molecule has 0 atom stereocenters. The van der Waals surface area contributed by atoms with E-state index in [4.69, 9.17) is 9.47 Å². The van der Waals surface area contributed by atoms with E-state index in [1.807, 2.05) is 54.4 Å². The first kappa shape index (κ1) is 21.2. The lowest BCUT2D eigenvalue weighted by atomic mass is 10.0. The van der Waals surface area contributed by atoms with E-state index in [1.54, 1.807) is 50.6 Å². The van der Waals surface area contributed by atoms with Gasteiger partial charge in [-0.15, -0.1) is 0 Å². The van der Waals surface area contributed by atoms with E-state index in [-0.39, 0.29) is 11.8 Å². The highest BCUT2D eigenvalue weighted by Gasteiger charge is 2.42. The number of benzene rings is 3. The molecule has 1 heterocycles. The van der Waals surface area contributed by atoms with Crippen LogP contribution in [0, 0.1) is 0 Å². The van der Waals surface area contributed by atoms with Crippen LogP contribution in [0.25, 0.3) is 5.57 Å². The molecule has 6 nitrogen and oxygen atoms in total. The first-order valence-electron chi connectivity index (χ1n) is 10.2. The standard InChI is InChI=1S/C26H24N2O4/c1-27(17-18-9-5-4-6-10-18)24-23(21-11-7-8-12-22(21)32-3)25(29)28(26(24)30)19-13-15-20(31-2)16-14-19/h4-16H,17H2,1-3H3. The van der Waals surface area contributed by atoms with Crippen LogP contribution in [0.15, 0.2) is 84.6 Å². The van der Waals surface area contributed by atoms with Crippen molar-refractivity contribution in [3.8, 4) is 11.5 Å². The highest BCUT2D eigenvalue weighted by atomic mass is 16.5. The molecule has 0 radical (unpaired) electrons. The number of amides is 2. The van der Waals surface area contributed by atoms with Gasteiger partial charge in [-0.1, -0.05) is 48.5 Å². The van der Waals surface area contributed by atoms with Crippen LogP contribution < -0.4 is 14.4 Å². The summed E-state index contributed by atoms with van der Waals surface area (Å²) in [4.78, 5) is 30.3. The van der Waals surface area contributed by atoms with Crippen molar-refractivity contribution in [3.05, 3.63) is 95.7 Å². The Bertz CT molecular complexity index is 1170. The fourth-order valence-electron chi connectivity index (χ4n) is 3.87. The van der Waals surface area contributed by atoms with Gasteiger partial charge in [-0.2, -0.15) is 0 Å². The summed E-state index contributed by atoms with van der Waals surface area (Å²) in [6, 6.07) is 23.9. The number of nitrogens with zero attached hydrogens (tertiary/aromatic N) is 2. The summed E-state index contributed by atoms with van der Waals surface area (Å²) >= 11 is 0. The van der Waals surface area contributed by atoms with Crippen molar-refractivity contribution >= 4 is 23.1 Å². The SMILES string of the molecule is COc1ccc(N2C(=O)C(c3ccccc3OC)=C(N(C)Cc3ccccc3)C2=O)cc1. The molecule has 3 aromatic rings. The minimum atomic E-state index is -0.389. The topological polar surface area (TPSA) is 59.1 Å². The number of hydrogen-bond donors (Lipinski definition) is 0. The maximum atomic E-state index is 13.6. The van der Waals surface area contributed by atoms with E-state index in [0.717, 1.165) is 5.56 Å². The van der Waals surface area contributed by atoms with Crippen LogP contribution >= 0.6 is 0 Å². The molecule has 0 aliphatic carbocycles.